The molecule has 0 rings (SSSR count). The Morgan fingerprint density at radius 1 is 1.40 bits per heavy atom. The lowest BCUT2D eigenvalue weighted by Crippen LogP contribution is -2.20. The van der Waals surface area contributed by atoms with Gasteiger partial charge in [-0.25, -0.2) is 4.79 Å². The summed E-state index contributed by atoms with van der Waals surface area (Å²) < 4.78 is 13.8. The van der Waals surface area contributed by atoms with E-state index in [1.807, 2.05) is 0 Å². The second kappa shape index (κ2) is 6.91. The second-order valence-electron chi connectivity index (χ2n) is 2.35. The van der Waals surface area contributed by atoms with Gasteiger partial charge in [0.25, 0.3) is 0 Å². The molecule has 15 heavy (non-hydrogen) atoms. The molecule has 1 N–H and O–H groups in total. The van der Waals surface area contributed by atoms with Crippen molar-refractivity contribution in [3.8, 4) is 0 Å². The summed E-state index contributed by atoms with van der Waals surface area (Å²) in [6.07, 6.45) is -1.22. The Balaban J connectivity index is 4.94. The molecule has 7 heteroatoms. The van der Waals surface area contributed by atoms with Crippen LogP contribution in [0.5, 0.6) is 0 Å². The van der Waals surface area contributed by atoms with E-state index in [1.54, 1.807) is 6.92 Å². The average molecular weight is 219 g/mol. The van der Waals surface area contributed by atoms with E-state index in [9.17, 15) is 14.8 Å². The van der Waals surface area contributed by atoms with E-state index in [0.717, 1.165) is 0 Å². The molecule has 0 aromatic heterocycles. The van der Waals surface area contributed by atoms with Gasteiger partial charge >= 0.3 is 5.97 Å². The molecule has 0 aliphatic rings. The number of rotatable bonds is 6. The Bertz CT molecular complexity index is 258. The Morgan fingerprint density at radius 3 is 2.27 bits per heavy atom. The Hall–Kier alpha value is -1.47. The topological polar surface area (TPSA) is 94.4 Å². The molecule has 0 spiro atoms. The van der Waals surface area contributed by atoms with Gasteiger partial charge in [0.15, 0.2) is 5.76 Å². The van der Waals surface area contributed by atoms with Crippen molar-refractivity contribution in [3.63, 3.8) is 0 Å². The van der Waals surface area contributed by atoms with E-state index >= 15 is 0 Å². The van der Waals surface area contributed by atoms with E-state index in [1.165, 1.54) is 14.2 Å². The first-order valence-corrected chi connectivity index (χ1v) is 4.11. The van der Waals surface area contributed by atoms with E-state index in [0.29, 0.717) is 0 Å². The maximum atomic E-state index is 11.1. The summed E-state index contributed by atoms with van der Waals surface area (Å²) in [4.78, 5) is 21.4. The van der Waals surface area contributed by atoms with Crippen LogP contribution in [0.4, 0.5) is 0 Å². The monoisotopic (exact) mass is 219 g/mol. The van der Waals surface area contributed by atoms with Crippen molar-refractivity contribution in [3.05, 3.63) is 16.4 Å². The van der Waals surface area contributed by atoms with Crippen LogP contribution in [-0.2, 0) is 19.0 Å². The molecule has 0 heterocycles. The van der Waals surface area contributed by atoms with E-state index in [4.69, 9.17) is 0 Å². The minimum absolute atomic E-state index is 0.0652. The molecule has 0 aromatic carbocycles. The quantitative estimate of drug-likeness (QED) is 0.232. The number of esters is 1. The minimum Gasteiger partial charge on any atom is -0.505 e. The van der Waals surface area contributed by atoms with Gasteiger partial charge in [-0.2, -0.15) is 0 Å². The van der Waals surface area contributed by atoms with Crippen molar-refractivity contribution in [2.75, 3.05) is 20.8 Å². The molecule has 0 radical (unpaired) electrons. The molecule has 0 fully saturated rings. The molecule has 0 unspecified atom stereocenters. The summed E-state index contributed by atoms with van der Waals surface area (Å²) >= 11 is 0. The van der Waals surface area contributed by atoms with Crippen LogP contribution in [0, 0.1) is 4.91 Å². The maximum absolute atomic E-state index is 11.1. The highest BCUT2D eigenvalue weighted by Gasteiger charge is 2.24. The van der Waals surface area contributed by atoms with Gasteiger partial charge in [-0.15, -0.1) is 4.91 Å². The number of nitroso groups, excluding NO2 is 1. The van der Waals surface area contributed by atoms with Crippen molar-refractivity contribution in [1.29, 1.82) is 0 Å². The van der Waals surface area contributed by atoms with E-state index in [2.05, 4.69) is 19.4 Å². The second-order valence-corrected chi connectivity index (χ2v) is 2.35. The molecule has 0 aliphatic heterocycles. The van der Waals surface area contributed by atoms with Crippen molar-refractivity contribution < 1.29 is 24.1 Å². The third kappa shape index (κ3) is 3.64. The number of nitrogens with zero attached hydrogens (tertiary/aromatic N) is 1. The smallest absolute Gasteiger partial charge is 0.364 e. The van der Waals surface area contributed by atoms with Crippen molar-refractivity contribution in [1.82, 2.24) is 0 Å². The standard InChI is InChI=1S/C8H13NO6/c1-4-15-7(11)5(9-12)6(10)8(13-2)14-3/h8,10H,4H2,1-3H3/b6-5-. The fourth-order valence-corrected chi connectivity index (χ4v) is 0.819. The molecule has 0 saturated heterocycles. The summed E-state index contributed by atoms with van der Waals surface area (Å²) in [6.45, 7) is 1.62. The van der Waals surface area contributed by atoms with E-state index in [-0.39, 0.29) is 6.61 Å². The molecule has 0 amide bonds. The largest absolute Gasteiger partial charge is 0.505 e. The highest BCUT2D eigenvalue weighted by molar-refractivity contribution is 5.88. The number of methoxy groups -OCH3 is 2. The lowest BCUT2D eigenvalue weighted by Gasteiger charge is -2.12. The van der Waals surface area contributed by atoms with Crippen LogP contribution < -0.4 is 0 Å². The predicted molar refractivity (Wildman–Crippen MR) is 49.9 cm³/mol. The zero-order valence-electron chi connectivity index (χ0n) is 8.72. The van der Waals surface area contributed by atoms with Gasteiger partial charge < -0.3 is 19.3 Å². The number of hydrogen-bond donors (Lipinski definition) is 1. The summed E-state index contributed by atoms with van der Waals surface area (Å²) in [6, 6.07) is 0. The summed E-state index contributed by atoms with van der Waals surface area (Å²) in [5.74, 6) is -1.74. The number of carbonyl (C=O) groups excluding carboxylic acids is 1. The zero-order valence-corrected chi connectivity index (χ0v) is 8.72. The lowest BCUT2D eigenvalue weighted by atomic mass is 10.3. The summed E-state index contributed by atoms with van der Waals surface area (Å²) in [5.41, 5.74) is -0.759. The molecular formula is C8H13NO6. The SMILES string of the molecule is CCOC(=O)/C(N=O)=C(/O)C(OC)OC. The maximum Gasteiger partial charge on any atom is 0.364 e. The number of carbonyl (C=O) groups is 1. The Labute approximate surface area is 86.6 Å². The first kappa shape index (κ1) is 13.5. The lowest BCUT2D eigenvalue weighted by molar-refractivity contribution is -0.140. The van der Waals surface area contributed by atoms with Gasteiger partial charge in [-0.3, -0.25) is 0 Å². The normalized spacial score (nSPS) is 12.3. The van der Waals surface area contributed by atoms with Gasteiger partial charge in [-0.05, 0) is 12.1 Å². The Kier molecular flexibility index (Phi) is 6.23. The van der Waals surface area contributed by atoms with Gasteiger partial charge in [0, 0.05) is 14.2 Å². The van der Waals surface area contributed by atoms with Crippen LogP contribution in [0.15, 0.2) is 16.6 Å². The highest BCUT2D eigenvalue weighted by atomic mass is 16.7. The number of aliphatic hydroxyl groups is 1. The van der Waals surface area contributed by atoms with Crippen molar-refractivity contribution in [2.45, 2.75) is 13.2 Å². The average Bonchev–Trinajstić information content (AvgIpc) is 2.21. The predicted octanol–water partition coefficient (Wildman–Crippen LogP) is 0.704. The van der Waals surface area contributed by atoms with Crippen LogP contribution >= 0.6 is 0 Å². The molecule has 0 bridgehead atoms. The molecular weight excluding hydrogens is 206 g/mol. The molecule has 0 saturated carbocycles. The van der Waals surface area contributed by atoms with Crippen molar-refractivity contribution >= 4 is 5.97 Å². The number of hydrogen-bond acceptors (Lipinski definition) is 7. The third-order valence-electron chi connectivity index (χ3n) is 1.45. The fraction of sp³-hybridized carbons (Fsp3) is 0.625. The summed E-state index contributed by atoms with van der Waals surface area (Å²) in [7, 11) is 2.47. The first-order chi connectivity index (χ1) is 7.12. The van der Waals surface area contributed by atoms with Crippen LogP contribution in [0.2, 0.25) is 0 Å². The minimum atomic E-state index is -1.22. The number of aliphatic hydroxyl groups excluding tert-OH is 1. The third-order valence-corrected chi connectivity index (χ3v) is 1.45. The van der Waals surface area contributed by atoms with Gasteiger partial charge in [0.2, 0.25) is 12.0 Å². The molecule has 0 aliphatic carbocycles. The van der Waals surface area contributed by atoms with Gasteiger partial charge in [0.1, 0.15) is 0 Å². The van der Waals surface area contributed by atoms with Crippen LogP contribution in [0.3, 0.4) is 0 Å². The van der Waals surface area contributed by atoms with Crippen LogP contribution in [0.1, 0.15) is 6.92 Å². The Morgan fingerprint density at radius 2 is 1.93 bits per heavy atom. The fourth-order valence-electron chi connectivity index (χ4n) is 0.819. The summed E-state index contributed by atoms with van der Waals surface area (Å²) in [5, 5.41) is 11.8. The zero-order chi connectivity index (χ0) is 11.8. The number of ether oxygens (including phenoxy) is 3. The molecule has 0 atom stereocenters. The van der Waals surface area contributed by atoms with Crippen LogP contribution in [0.25, 0.3) is 0 Å². The first-order valence-electron chi connectivity index (χ1n) is 4.11. The van der Waals surface area contributed by atoms with Crippen molar-refractivity contribution in [2.24, 2.45) is 5.18 Å². The van der Waals surface area contributed by atoms with Gasteiger partial charge in [-0.1, -0.05) is 0 Å². The highest BCUT2D eigenvalue weighted by Crippen LogP contribution is 2.12. The molecule has 7 nitrogen and oxygen atoms in total. The van der Waals surface area contributed by atoms with Gasteiger partial charge in [0.05, 0.1) is 6.61 Å². The van der Waals surface area contributed by atoms with Crippen LogP contribution in [-0.4, -0.2) is 38.2 Å². The van der Waals surface area contributed by atoms with E-state index < -0.39 is 23.7 Å². The molecule has 0 aromatic rings. The molecule has 86 valence electrons.